The van der Waals surface area contributed by atoms with Crippen molar-refractivity contribution in [1.29, 1.82) is 0 Å². The van der Waals surface area contributed by atoms with E-state index in [1.165, 1.54) is 24.0 Å². The van der Waals surface area contributed by atoms with E-state index in [1.807, 2.05) is 6.92 Å². The standard InChI is InChI=1S/C19H24N2O2/c1-19(8-9-21(19)17(22)10-13-6-7-13)18(23)20-16-11-14-4-2-3-5-15(14)12-16/h2-5,13,16H,6-12H2,1H3,(H,20,23). The first-order valence-corrected chi connectivity index (χ1v) is 8.74. The van der Waals surface area contributed by atoms with E-state index < -0.39 is 5.54 Å². The van der Waals surface area contributed by atoms with Crippen molar-refractivity contribution in [3.8, 4) is 0 Å². The zero-order valence-electron chi connectivity index (χ0n) is 13.7. The van der Waals surface area contributed by atoms with Crippen LogP contribution < -0.4 is 5.32 Å². The second kappa shape index (κ2) is 5.36. The predicted octanol–water partition coefficient (Wildman–Crippen LogP) is 2.06. The molecule has 1 aromatic rings. The lowest BCUT2D eigenvalue weighted by Gasteiger charge is -2.49. The molecule has 2 fully saturated rings. The SMILES string of the molecule is CC1(C(=O)NC2Cc3ccccc3C2)CCN1C(=O)CC1CC1. The van der Waals surface area contributed by atoms with Gasteiger partial charge in [-0.25, -0.2) is 0 Å². The molecule has 1 heterocycles. The number of nitrogens with one attached hydrogen (secondary N) is 1. The predicted molar refractivity (Wildman–Crippen MR) is 87.9 cm³/mol. The minimum Gasteiger partial charge on any atom is -0.351 e. The number of carbonyl (C=O) groups excluding carboxylic acids is 2. The number of fused-ring (bicyclic) bond motifs is 1. The van der Waals surface area contributed by atoms with E-state index in [2.05, 4.69) is 29.6 Å². The Hall–Kier alpha value is -1.84. The molecule has 1 saturated heterocycles. The summed E-state index contributed by atoms with van der Waals surface area (Å²) < 4.78 is 0. The summed E-state index contributed by atoms with van der Waals surface area (Å²) in [6.07, 6.45) is 5.53. The monoisotopic (exact) mass is 312 g/mol. The summed E-state index contributed by atoms with van der Waals surface area (Å²) >= 11 is 0. The molecular formula is C19H24N2O2. The van der Waals surface area contributed by atoms with Crippen LogP contribution in [0.5, 0.6) is 0 Å². The second-order valence-corrected chi connectivity index (χ2v) is 7.56. The number of likely N-dealkylation sites (tertiary alicyclic amines) is 1. The number of benzene rings is 1. The molecule has 4 nitrogen and oxygen atoms in total. The van der Waals surface area contributed by atoms with Crippen LogP contribution in [0.25, 0.3) is 0 Å². The fraction of sp³-hybridized carbons (Fsp3) is 0.579. The molecule has 0 bridgehead atoms. The van der Waals surface area contributed by atoms with Gasteiger partial charge in [0.1, 0.15) is 5.54 Å². The molecule has 1 aromatic carbocycles. The van der Waals surface area contributed by atoms with Crippen LogP contribution in [0.3, 0.4) is 0 Å². The molecule has 1 saturated carbocycles. The summed E-state index contributed by atoms with van der Waals surface area (Å²) in [5, 5.41) is 3.19. The average Bonchev–Trinajstić information content (AvgIpc) is 3.21. The van der Waals surface area contributed by atoms with Gasteiger partial charge in [-0.2, -0.15) is 0 Å². The van der Waals surface area contributed by atoms with Crippen LogP contribution >= 0.6 is 0 Å². The quantitative estimate of drug-likeness (QED) is 0.925. The highest BCUT2D eigenvalue weighted by molar-refractivity contribution is 5.93. The van der Waals surface area contributed by atoms with Crippen LogP contribution in [0, 0.1) is 5.92 Å². The highest BCUT2D eigenvalue weighted by Gasteiger charge is 2.50. The van der Waals surface area contributed by atoms with Crippen LogP contribution in [0.4, 0.5) is 0 Å². The first-order valence-electron chi connectivity index (χ1n) is 8.74. The third-order valence-electron chi connectivity index (χ3n) is 5.75. The van der Waals surface area contributed by atoms with E-state index in [0.29, 0.717) is 12.3 Å². The van der Waals surface area contributed by atoms with Crippen molar-refractivity contribution < 1.29 is 9.59 Å². The molecule has 0 aromatic heterocycles. The van der Waals surface area contributed by atoms with Gasteiger partial charge in [0, 0.05) is 19.0 Å². The van der Waals surface area contributed by atoms with Gasteiger partial charge in [0.2, 0.25) is 11.8 Å². The lowest BCUT2D eigenvalue weighted by Crippen LogP contribution is -2.68. The highest BCUT2D eigenvalue weighted by atomic mass is 16.2. The van der Waals surface area contributed by atoms with Gasteiger partial charge in [-0.15, -0.1) is 0 Å². The molecule has 23 heavy (non-hydrogen) atoms. The van der Waals surface area contributed by atoms with Gasteiger partial charge in [0.25, 0.3) is 0 Å². The van der Waals surface area contributed by atoms with Gasteiger partial charge in [0.05, 0.1) is 0 Å². The molecule has 4 heteroatoms. The Kier molecular flexibility index (Phi) is 3.43. The summed E-state index contributed by atoms with van der Waals surface area (Å²) in [7, 11) is 0. The Balaban J connectivity index is 1.38. The molecule has 2 amide bonds. The molecule has 1 aliphatic heterocycles. The molecule has 0 radical (unpaired) electrons. The van der Waals surface area contributed by atoms with E-state index >= 15 is 0 Å². The number of nitrogens with zero attached hydrogens (tertiary/aromatic N) is 1. The van der Waals surface area contributed by atoms with Crippen LogP contribution in [0.15, 0.2) is 24.3 Å². The van der Waals surface area contributed by atoms with Crippen molar-refractivity contribution in [2.75, 3.05) is 6.54 Å². The van der Waals surface area contributed by atoms with Gasteiger partial charge in [-0.3, -0.25) is 9.59 Å². The summed E-state index contributed by atoms with van der Waals surface area (Å²) in [5.74, 6) is 0.747. The molecule has 4 rings (SSSR count). The Labute approximate surface area is 137 Å². The third kappa shape index (κ3) is 2.64. The summed E-state index contributed by atoms with van der Waals surface area (Å²) in [6.45, 7) is 2.64. The highest BCUT2D eigenvalue weighted by Crippen LogP contribution is 2.37. The first kappa shape index (κ1) is 14.7. The zero-order valence-corrected chi connectivity index (χ0v) is 13.7. The van der Waals surface area contributed by atoms with E-state index in [1.54, 1.807) is 4.90 Å². The molecule has 122 valence electrons. The Morgan fingerprint density at radius 3 is 2.39 bits per heavy atom. The number of hydrogen-bond donors (Lipinski definition) is 1. The van der Waals surface area contributed by atoms with Crippen molar-refractivity contribution in [2.45, 2.75) is 57.0 Å². The fourth-order valence-electron chi connectivity index (χ4n) is 3.88. The normalized spacial score (nSPS) is 26.6. The maximum absolute atomic E-state index is 12.8. The van der Waals surface area contributed by atoms with Gasteiger partial charge in [-0.05, 0) is 56.1 Å². The summed E-state index contributed by atoms with van der Waals surface area (Å²) in [6, 6.07) is 8.54. The van der Waals surface area contributed by atoms with Crippen LogP contribution in [0.2, 0.25) is 0 Å². The fourth-order valence-corrected chi connectivity index (χ4v) is 3.88. The van der Waals surface area contributed by atoms with Crippen LogP contribution in [0.1, 0.15) is 43.7 Å². The molecule has 1 N–H and O–H groups in total. The van der Waals surface area contributed by atoms with Gasteiger partial charge in [0.15, 0.2) is 0 Å². The largest absolute Gasteiger partial charge is 0.351 e. The molecule has 2 aliphatic carbocycles. The van der Waals surface area contributed by atoms with E-state index in [4.69, 9.17) is 0 Å². The van der Waals surface area contributed by atoms with Crippen molar-refractivity contribution in [3.05, 3.63) is 35.4 Å². The lowest BCUT2D eigenvalue weighted by atomic mass is 9.84. The van der Waals surface area contributed by atoms with Crippen LogP contribution in [-0.2, 0) is 22.4 Å². The minimum atomic E-state index is -0.638. The number of amides is 2. The summed E-state index contributed by atoms with van der Waals surface area (Å²) in [5.41, 5.74) is 2.03. The second-order valence-electron chi connectivity index (χ2n) is 7.56. The van der Waals surface area contributed by atoms with Crippen molar-refractivity contribution in [3.63, 3.8) is 0 Å². The minimum absolute atomic E-state index is 0.0192. The van der Waals surface area contributed by atoms with E-state index in [0.717, 1.165) is 25.8 Å². The van der Waals surface area contributed by atoms with E-state index in [-0.39, 0.29) is 17.9 Å². The maximum Gasteiger partial charge on any atom is 0.245 e. The average molecular weight is 312 g/mol. The lowest BCUT2D eigenvalue weighted by molar-refractivity contribution is -0.158. The Morgan fingerprint density at radius 1 is 1.22 bits per heavy atom. The number of rotatable bonds is 4. The Morgan fingerprint density at radius 2 is 1.87 bits per heavy atom. The smallest absolute Gasteiger partial charge is 0.245 e. The molecule has 0 spiro atoms. The van der Waals surface area contributed by atoms with Crippen molar-refractivity contribution in [1.82, 2.24) is 10.2 Å². The molecule has 3 aliphatic rings. The first-order chi connectivity index (χ1) is 11.1. The number of hydrogen-bond acceptors (Lipinski definition) is 2. The molecular weight excluding hydrogens is 288 g/mol. The van der Waals surface area contributed by atoms with Gasteiger partial charge >= 0.3 is 0 Å². The summed E-state index contributed by atoms with van der Waals surface area (Å²) in [4.78, 5) is 26.9. The topological polar surface area (TPSA) is 49.4 Å². The van der Waals surface area contributed by atoms with Gasteiger partial charge in [-0.1, -0.05) is 24.3 Å². The maximum atomic E-state index is 12.8. The zero-order chi connectivity index (χ0) is 16.0. The third-order valence-corrected chi connectivity index (χ3v) is 5.75. The van der Waals surface area contributed by atoms with E-state index in [9.17, 15) is 9.59 Å². The molecule has 1 unspecified atom stereocenters. The Bertz CT molecular complexity index is 628. The van der Waals surface area contributed by atoms with Crippen molar-refractivity contribution in [2.24, 2.45) is 5.92 Å². The molecule has 1 atom stereocenters. The van der Waals surface area contributed by atoms with Crippen LogP contribution in [-0.4, -0.2) is 34.8 Å². The number of carbonyl (C=O) groups is 2. The van der Waals surface area contributed by atoms with Crippen molar-refractivity contribution >= 4 is 11.8 Å². The van der Waals surface area contributed by atoms with Gasteiger partial charge < -0.3 is 10.2 Å².